The lowest BCUT2D eigenvalue weighted by molar-refractivity contribution is 0.0956. The smallest absolute Gasteiger partial charge is 0.251 e. The molecule has 7 nitrogen and oxygen atoms in total. The van der Waals surface area contributed by atoms with Crippen LogP contribution in [-0.4, -0.2) is 38.0 Å². The Hall–Kier alpha value is -3.13. The summed E-state index contributed by atoms with van der Waals surface area (Å²) in [6, 6.07) is 15.6. The minimum Gasteiger partial charge on any atom is -0.441 e. The lowest BCUT2D eigenvalue weighted by Gasteiger charge is -2.04. The number of aryl methyl sites for hydroxylation is 3. The van der Waals surface area contributed by atoms with Crippen molar-refractivity contribution in [2.24, 2.45) is 7.05 Å². The number of amides is 1. The van der Waals surface area contributed by atoms with Gasteiger partial charge in [0.15, 0.2) is 16.6 Å². The van der Waals surface area contributed by atoms with Crippen LogP contribution in [0.5, 0.6) is 0 Å². The molecule has 1 amide bonds. The molecule has 2 aromatic heterocycles. The normalized spacial score (nSPS) is 11.1. The predicted molar refractivity (Wildman–Crippen MR) is 112 cm³/mol. The number of nitrogens with one attached hydrogen (secondary N) is 1. The van der Waals surface area contributed by atoms with Crippen molar-refractivity contribution < 1.29 is 9.21 Å². The molecule has 8 heteroatoms. The van der Waals surface area contributed by atoms with Crippen molar-refractivity contribution in [1.29, 1.82) is 0 Å². The number of thioether (sulfide) groups is 1. The minimum absolute atomic E-state index is 0.126. The fourth-order valence-corrected chi connectivity index (χ4v) is 3.67. The maximum Gasteiger partial charge on any atom is 0.251 e. The first kappa shape index (κ1) is 19.2. The molecule has 0 unspecified atom stereocenters. The number of fused-ring (bicyclic) bond motifs is 1. The fraction of sp³-hybridized carbons (Fsp3) is 0.238. The van der Waals surface area contributed by atoms with Crippen molar-refractivity contribution in [2.45, 2.75) is 18.0 Å². The summed E-state index contributed by atoms with van der Waals surface area (Å²) in [6.45, 7) is 0.537. The largest absolute Gasteiger partial charge is 0.441 e. The molecule has 4 aromatic rings. The Morgan fingerprint density at radius 2 is 2.03 bits per heavy atom. The van der Waals surface area contributed by atoms with Crippen molar-refractivity contribution in [1.82, 2.24) is 25.1 Å². The van der Waals surface area contributed by atoms with Gasteiger partial charge < -0.3 is 14.3 Å². The zero-order valence-corrected chi connectivity index (χ0v) is 16.9. The van der Waals surface area contributed by atoms with Gasteiger partial charge in [0, 0.05) is 31.3 Å². The van der Waals surface area contributed by atoms with Crippen LogP contribution in [0.25, 0.3) is 11.1 Å². The van der Waals surface area contributed by atoms with Crippen LogP contribution in [-0.2, 0) is 19.9 Å². The number of carbonyl (C=O) groups excluding carboxylic acids is 1. The summed E-state index contributed by atoms with van der Waals surface area (Å²) in [5.74, 6) is 1.27. The summed E-state index contributed by atoms with van der Waals surface area (Å²) in [4.78, 5) is 17.0. The molecule has 0 aliphatic rings. The van der Waals surface area contributed by atoms with E-state index in [-0.39, 0.29) is 5.91 Å². The Balaban J connectivity index is 1.33. The second-order valence-corrected chi connectivity index (χ2v) is 7.67. The maximum atomic E-state index is 12.4. The van der Waals surface area contributed by atoms with Gasteiger partial charge in [-0.05, 0) is 30.2 Å². The molecular formula is C21H21N5O2S. The van der Waals surface area contributed by atoms with E-state index in [1.54, 1.807) is 36.3 Å². The highest BCUT2D eigenvalue weighted by molar-refractivity contribution is 7.99. The first-order valence-electron chi connectivity index (χ1n) is 9.37. The summed E-state index contributed by atoms with van der Waals surface area (Å²) in [5, 5.41) is 11.6. The second kappa shape index (κ2) is 8.91. The van der Waals surface area contributed by atoms with Gasteiger partial charge in [-0.1, -0.05) is 42.1 Å². The molecule has 4 rings (SSSR count). The molecule has 0 bridgehead atoms. The number of carbonyl (C=O) groups is 1. The first-order valence-corrected chi connectivity index (χ1v) is 10.4. The van der Waals surface area contributed by atoms with Crippen molar-refractivity contribution >= 4 is 28.8 Å². The number of nitrogens with zero attached hydrogens (tertiary/aromatic N) is 4. The number of benzene rings is 2. The topological polar surface area (TPSA) is 85.8 Å². The van der Waals surface area contributed by atoms with E-state index in [1.807, 2.05) is 29.8 Å². The third kappa shape index (κ3) is 4.83. The third-order valence-electron chi connectivity index (χ3n) is 4.45. The van der Waals surface area contributed by atoms with Gasteiger partial charge in [0.2, 0.25) is 0 Å². The molecule has 29 heavy (non-hydrogen) atoms. The molecule has 0 radical (unpaired) electrons. The molecular weight excluding hydrogens is 386 g/mol. The van der Waals surface area contributed by atoms with Crippen LogP contribution < -0.4 is 5.32 Å². The highest BCUT2D eigenvalue weighted by Gasteiger charge is 2.11. The number of oxazole rings is 1. The maximum absolute atomic E-state index is 12.4. The molecule has 0 aliphatic carbocycles. The van der Waals surface area contributed by atoms with E-state index in [9.17, 15) is 4.79 Å². The lowest BCUT2D eigenvalue weighted by Crippen LogP contribution is -2.25. The molecule has 0 fully saturated rings. The zero-order valence-electron chi connectivity index (χ0n) is 16.0. The van der Waals surface area contributed by atoms with Crippen LogP contribution in [0.3, 0.4) is 0 Å². The van der Waals surface area contributed by atoms with Crippen LogP contribution in [0.1, 0.15) is 21.8 Å². The van der Waals surface area contributed by atoms with E-state index in [4.69, 9.17) is 4.42 Å². The summed E-state index contributed by atoms with van der Waals surface area (Å²) in [7, 11) is 1.89. The van der Waals surface area contributed by atoms with Crippen LogP contribution >= 0.6 is 11.8 Å². The highest BCUT2D eigenvalue weighted by Crippen LogP contribution is 2.19. The van der Waals surface area contributed by atoms with Gasteiger partial charge in [-0.3, -0.25) is 4.79 Å². The molecule has 2 heterocycles. The van der Waals surface area contributed by atoms with Gasteiger partial charge in [-0.15, -0.1) is 10.2 Å². The molecule has 148 valence electrons. The lowest BCUT2D eigenvalue weighted by atomic mass is 10.1. The van der Waals surface area contributed by atoms with Gasteiger partial charge in [0.1, 0.15) is 11.8 Å². The Morgan fingerprint density at radius 3 is 2.83 bits per heavy atom. The van der Waals surface area contributed by atoms with Gasteiger partial charge in [-0.2, -0.15) is 0 Å². The molecule has 0 spiro atoms. The van der Waals surface area contributed by atoms with E-state index >= 15 is 0 Å². The Labute approximate surface area is 172 Å². The van der Waals surface area contributed by atoms with E-state index in [2.05, 4.69) is 32.6 Å². The predicted octanol–water partition coefficient (Wildman–Crippen LogP) is 3.26. The number of rotatable bonds is 8. The monoisotopic (exact) mass is 407 g/mol. The summed E-state index contributed by atoms with van der Waals surface area (Å²) < 4.78 is 7.66. The molecule has 2 aromatic carbocycles. The Bertz CT molecular complexity index is 1110. The van der Waals surface area contributed by atoms with Gasteiger partial charge in [0.05, 0.1) is 0 Å². The van der Waals surface area contributed by atoms with Crippen molar-refractivity contribution in [3.8, 4) is 0 Å². The Kier molecular flexibility index (Phi) is 5.90. The first-order chi connectivity index (χ1) is 14.2. The van der Waals surface area contributed by atoms with Gasteiger partial charge in [0.25, 0.3) is 5.91 Å². The second-order valence-electron chi connectivity index (χ2n) is 6.60. The van der Waals surface area contributed by atoms with Crippen molar-refractivity contribution in [2.75, 3.05) is 12.3 Å². The SMILES string of the molecule is Cn1cnnc1SCCNC(=O)c1ccc2oc(CCc3ccccc3)nc2c1. The quantitative estimate of drug-likeness (QED) is 0.356. The van der Waals surface area contributed by atoms with Gasteiger partial charge in [-0.25, -0.2) is 4.98 Å². The number of hydrogen-bond donors (Lipinski definition) is 1. The minimum atomic E-state index is -0.126. The third-order valence-corrected chi connectivity index (χ3v) is 5.49. The van der Waals surface area contributed by atoms with E-state index in [1.165, 1.54) is 5.56 Å². The number of hydrogen-bond acceptors (Lipinski definition) is 6. The average Bonchev–Trinajstić information content (AvgIpc) is 3.35. The van der Waals surface area contributed by atoms with Crippen LogP contribution in [0.4, 0.5) is 0 Å². The van der Waals surface area contributed by atoms with E-state index in [0.717, 1.165) is 18.0 Å². The Morgan fingerprint density at radius 1 is 1.17 bits per heavy atom. The van der Waals surface area contributed by atoms with Crippen molar-refractivity contribution in [3.63, 3.8) is 0 Å². The molecule has 1 N–H and O–H groups in total. The molecule has 0 aliphatic heterocycles. The van der Waals surface area contributed by atoms with Gasteiger partial charge >= 0.3 is 0 Å². The zero-order chi connectivity index (χ0) is 20.1. The number of aromatic nitrogens is 4. The van der Waals surface area contributed by atoms with E-state index < -0.39 is 0 Å². The summed E-state index contributed by atoms with van der Waals surface area (Å²) in [5.41, 5.74) is 3.22. The average molecular weight is 407 g/mol. The van der Waals surface area contributed by atoms with Crippen LogP contribution in [0, 0.1) is 0 Å². The molecule has 0 atom stereocenters. The molecule has 0 saturated carbocycles. The summed E-state index contributed by atoms with van der Waals surface area (Å²) >= 11 is 1.55. The molecule has 0 saturated heterocycles. The van der Waals surface area contributed by atoms with Crippen LogP contribution in [0.15, 0.2) is 64.4 Å². The standard InChI is InChI=1S/C21H21N5O2S/c1-26-14-23-25-21(26)29-12-11-22-20(27)16-8-9-18-17(13-16)24-19(28-18)10-7-15-5-3-2-4-6-15/h2-6,8-9,13-14H,7,10-12H2,1H3,(H,22,27). The van der Waals surface area contributed by atoms with Crippen LogP contribution in [0.2, 0.25) is 0 Å². The van der Waals surface area contributed by atoms with E-state index in [0.29, 0.717) is 34.9 Å². The highest BCUT2D eigenvalue weighted by atomic mass is 32.2. The fourth-order valence-electron chi connectivity index (χ4n) is 2.93. The van der Waals surface area contributed by atoms with Crippen molar-refractivity contribution in [3.05, 3.63) is 71.9 Å². The summed E-state index contributed by atoms with van der Waals surface area (Å²) in [6.07, 6.45) is 3.24.